The maximum absolute atomic E-state index is 12.2. The Morgan fingerprint density at radius 3 is 2.43 bits per heavy atom. The van der Waals surface area contributed by atoms with Gasteiger partial charge in [-0.3, -0.25) is 5.10 Å². The molecule has 3 N–H and O–H groups in total. The van der Waals surface area contributed by atoms with Gasteiger partial charge in [-0.1, -0.05) is 12.1 Å². The molecular formula is C24H21F3N8O2. The Morgan fingerprint density at radius 2 is 1.76 bits per heavy atom. The molecular weight excluding hydrogens is 489 g/mol. The van der Waals surface area contributed by atoms with Gasteiger partial charge in [-0.15, -0.1) is 13.2 Å². The average Bonchev–Trinajstić information content (AvgIpc) is 3.41. The molecule has 13 heteroatoms. The number of imidazole rings is 1. The lowest BCUT2D eigenvalue weighted by Gasteiger charge is -2.09. The van der Waals surface area contributed by atoms with E-state index in [2.05, 4.69) is 40.5 Å². The van der Waals surface area contributed by atoms with Crippen LogP contribution in [0.4, 0.5) is 30.6 Å². The summed E-state index contributed by atoms with van der Waals surface area (Å²) in [5, 5.41) is 13.7. The van der Waals surface area contributed by atoms with Gasteiger partial charge in [-0.2, -0.15) is 15.1 Å². The number of benzene rings is 2. The van der Waals surface area contributed by atoms with Crippen LogP contribution in [0.2, 0.25) is 0 Å². The first-order chi connectivity index (χ1) is 17.7. The summed E-state index contributed by atoms with van der Waals surface area (Å²) in [6.07, 6.45) is -3.03. The van der Waals surface area contributed by atoms with Crippen LogP contribution < -0.4 is 20.1 Å². The van der Waals surface area contributed by atoms with Crippen molar-refractivity contribution in [2.45, 2.75) is 19.8 Å². The lowest BCUT2D eigenvalue weighted by atomic mass is 10.2. The molecule has 0 radical (unpaired) electrons. The quantitative estimate of drug-likeness (QED) is 0.253. The normalized spacial score (nSPS) is 11.5. The first-order valence-corrected chi connectivity index (χ1v) is 11.1. The molecule has 0 fully saturated rings. The van der Waals surface area contributed by atoms with E-state index >= 15 is 0 Å². The standard InChI is InChI=1S/C24H21F3N8O2/c1-14-9-21(34-33-14)31-16-5-8-19-20(10-16)35(2)22(32-19)28-11-15-3-6-17(7-4-15)36-23-29-12-18(13-30-23)37-24(25,26)27/h3-10,12-13H,11H2,1-2H3,(H,28,32)(H2,31,33,34). The first kappa shape index (κ1) is 23.9. The SMILES string of the molecule is Cc1cc(Nc2ccc3nc(NCc4ccc(Oc5ncc(OC(F)(F)F)cn5)cc4)n(C)c3c2)n[nH]1. The van der Waals surface area contributed by atoms with Crippen molar-refractivity contribution in [2.75, 3.05) is 10.6 Å². The highest BCUT2D eigenvalue weighted by molar-refractivity contribution is 5.83. The summed E-state index contributed by atoms with van der Waals surface area (Å²) in [5.41, 5.74) is 4.64. The molecule has 0 aliphatic rings. The molecule has 5 aromatic rings. The largest absolute Gasteiger partial charge is 0.573 e. The van der Waals surface area contributed by atoms with E-state index in [-0.39, 0.29) is 6.01 Å². The minimum Gasteiger partial charge on any atom is -0.424 e. The zero-order valence-electron chi connectivity index (χ0n) is 19.7. The van der Waals surface area contributed by atoms with Crippen LogP contribution >= 0.6 is 0 Å². The van der Waals surface area contributed by atoms with Crippen LogP contribution in [0.5, 0.6) is 17.5 Å². The van der Waals surface area contributed by atoms with E-state index in [4.69, 9.17) is 4.74 Å². The number of hydrogen-bond acceptors (Lipinski definition) is 8. The summed E-state index contributed by atoms with van der Waals surface area (Å²) < 4.78 is 47.9. The molecule has 0 atom stereocenters. The van der Waals surface area contributed by atoms with Crippen LogP contribution in [0, 0.1) is 6.92 Å². The number of anilines is 3. The van der Waals surface area contributed by atoms with Crippen molar-refractivity contribution < 1.29 is 22.6 Å². The predicted molar refractivity (Wildman–Crippen MR) is 130 cm³/mol. The van der Waals surface area contributed by atoms with Gasteiger partial charge in [-0.25, -0.2) is 4.98 Å². The van der Waals surface area contributed by atoms with Gasteiger partial charge in [0.05, 0.1) is 23.4 Å². The summed E-state index contributed by atoms with van der Waals surface area (Å²) in [5.74, 6) is 1.35. The molecule has 37 heavy (non-hydrogen) atoms. The number of ether oxygens (including phenoxy) is 2. The van der Waals surface area contributed by atoms with Crippen LogP contribution in [0.3, 0.4) is 0 Å². The van der Waals surface area contributed by atoms with Crippen LogP contribution in [-0.4, -0.2) is 36.1 Å². The summed E-state index contributed by atoms with van der Waals surface area (Å²) in [6, 6.07) is 14.8. The van der Waals surface area contributed by atoms with Crippen LogP contribution in [-0.2, 0) is 13.6 Å². The zero-order valence-corrected chi connectivity index (χ0v) is 19.7. The number of aromatic nitrogens is 6. The van der Waals surface area contributed by atoms with Crippen molar-refractivity contribution in [3.8, 4) is 17.5 Å². The molecule has 5 rings (SSSR count). The molecule has 3 heterocycles. The molecule has 0 aliphatic heterocycles. The highest BCUT2D eigenvalue weighted by Crippen LogP contribution is 2.26. The fourth-order valence-corrected chi connectivity index (χ4v) is 3.56. The molecule has 0 saturated heterocycles. The molecule has 0 bridgehead atoms. The van der Waals surface area contributed by atoms with E-state index in [1.54, 1.807) is 12.1 Å². The number of aromatic amines is 1. The second-order valence-electron chi connectivity index (χ2n) is 8.11. The van der Waals surface area contributed by atoms with E-state index in [9.17, 15) is 13.2 Å². The number of fused-ring (bicyclic) bond motifs is 1. The number of rotatable bonds is 8. The molecule has 10 nitrogen and oxygen atoms in total. The lowest BCUT2D eigenvalue weighted by Crippen LogP contribution is -2.17. The van der Waals surface area contributed by atoms with Gasteiger partial charge in [0.15, 0.2) is 11.6 Å². The minimum atomic E-state index is -4.81. The van der Waals surface area contributed by atoms with Crippen molar-refractivity contribution in [2.24, 2.45) is 7.05 Å². The van der Waals surface area contributed by atoms with Gasteiger partial charge in [0.25, 0.3) is 0 Å². The smallest absolute Gasteiger partial charge is 0.424 e. The highest BCUT2D eigenvalue weighted by Gasteiger charge is 2.31. The Kier molecular flexibility index (Phi) is 6.26. The number of nitrogens with one attached hydrogen (secondary N) is 3. The highest BCUT2D eigenvalue weighted by atomic mass is 19.4. The number of halogens is 3. The van der Waals surface area contributed by atoms with Gasteiger partial charge in [0.2, 0.25) is 5.95 Å². The maximum atomic E-state index is 12.2. The van der Waals surface area contributed by atoms with E-state index < -0.39 is 12.1 Å². The zero-order chi connectivity index (χ0) is 26.0. The Bertz CT molecular complexity index is 1510. The summed E-state index contributed by atoms with van der Waals surface area (Å²) in [7, 11) is 1.93. The van der Waals surface area contributed by atoms with Crippen molar-refractivity contribution >= 4 is 28.5 Å². The Morgan fingerprint density at radius 1 is 1.00 bits per heavy atom. The van der Waals surface area contributed by atoms with Gasteiger partial charge < -0.3 is 24.7 Å². The molecule has 190 valence electrons. The van der Waals surface area contributed by atoms with Crippen LogP contribution in [0.15, 0.2) is 60.9 Å². The third-order valence-electron chi connectivity index (χ3n) is 5.28. The van der Waals surface area contributed by atoms with Crippen molar-refractivity contribution in [3.05, 3.63) is 72.2 Å². The van der Waals surface area contributed by atoms with E-state index in [0.29, 0.717) is 18.2 Å². The lowest BCUT2D eigenvalue weighted by molar-refractivity contribution is -0.274. The first-order valence-electron chi connectivity index (χ1n) is 11.1. The molecule has 0 aliphatic carbocycles. The topological polar surface area (TPSA) is 115 Å². The van der Waals surface area contributed by atoms with E-state index in [1.807, 2.05) is 54.9 Å². The van der Waals surface area contributed by atoms with Crippen molar-refractivity contribution in [1.29, 1.82) is 0 Å². The van der Waals surface area contributed by atoms with Crippen LogP contribution in [0.25, 0.3) is 11.0 Å². The average molecular weight is 510 g/mol. The second-order valence-corrected chi connectivity index (χ2v) is 8.11. The molecule has 3 aromatic heterocycles. The van der Waals surface area contributed by atoms with Gasteiger partial charge in [-0.05, 0) is 42.8 Å². The summed E-state index contributed by atoms with van der Waals surface area (Å²) >= 11 is 0. The predicted octanol–water partition coefficient (Wildman–Crippen LogP) is 5.44. The summed E-state index contributed by atoms with van der Waals surface area (Å²) in [4.78, 5) is 12.1. The molecule has 0 saturated carbocycles. The Balaban J connectivity index is 1.20. The third-order valence-corrected chi connectivity index (χ3v) is 5.28. The van der Waals surface area contributed by atoms with Gasteiger partial charge in [0, 0.05) is 31.0 Å². The Hall–Kier alpha value is -4.81. The van der Waals surface area contributed by atoms with Crippen molar-refractivity contribution in [1.82, 2.24) is 29.7 Å². The number of alkyl halides is 3. The molecule has 0 amide bonds. The number of hydrogen-bond donors (Lipinski definition) is 3. The fourth-order valence-electron chi connectivity index (χ4n) is 3.56. The number of H-pyrrole nitrogens is 1. The molecule has 0 spiro atoms. The van der Waals surface area contributed by atoms with Crippen molar-refractivity contribution in [3.63, 3.8) is 0 Å². The maximum Gasteiger partial charge on any atom is 0.573 e. The molecule has 0 unspecified atom stereocenters. The number of nitrogens with zero attached hydrogens (tertiary/aromatic N) is 5. The van der Waals surface area contributed by atoms with E-state index in [0.717, 1.165) is 46.2 Å². The number of aryl methyl sites for hydroxylation is 2. The molecule has 2 aromatic carbocycles. The van der Waals surface area contributed by atoms with Gasteiger partial charge >= 0.3 is 12.4 Å². The minimum absolute atomic E-state index is 0.101. The third kappa shape index (κ3) is 5.89. The Labute approximate surface area is 208 Å². The van der Waals surface area contributed by atoms with Crippen LogP contribution in [0.1, 0.15) is 11.3 Å². The van der Waals surface area contributed by atoms with E-state index in [1.165, 1.54) is 0 Å². The summed E-state index contributed by atoms with van der Waals surface area (Å²) in [6.45, 7) is 2.45. The second kappa shape index (κ2) is 9.68. The fraction of sp³-hybridized carbons (Fsp3) is 0.167. The monoisotopic (exact) mass is 510 g/mol. The van der Waals surface area contributed by atoms with Gasteiger partial charge in [0.1, 0.15) is 5.75 Å².